The van der Waals surface area contributed by atoms with Gasteiger partial charge in [0.1, 0.15) is 5.75 Å². The van der Waals surface area contributed by atoms with Crippen LogP contribution >= 0.6 is 11.6 Å². The lowest BCUT2D eigenvalue weighted by Gasteiger charge is -2.16. The summed E-state index contributed by atoms with van der Waals surface area (Å²) in [4.78, 5) is 12.3. The van der Waals surface area contributed by atoms with Gasteiger partial charge in [0.05, 0.1) is 0 Å². The van der Waals surface area contributed by atoms with Crippen molar-refractivity contribution in [3.8, 4) is 5.75 Å². The standard InChI is InChI=1S/C19H22ClNO2/c1-11-6-12(2)8-16(7-11)21-19(22)15(5)23-17-9-13(3)18(20)14(4)10-17/h6-10,15H,1-5H3,(H,21,22). The fraction of sp³-hybridized carbons (Fsp3) is 0.316. The van der Waals surface area contributed by atoms with Gasteiger partial charge in [-0.1, -0.05) is 17.7 Å². The van der Waals surface area contributed by atoms with Gasteiger partial charge in [0.2, 0.25) is 0 Å². The maximum absolute atomic E-state index is 12.3. The number of carbonyl (C=O) groups excluding carboxylic acids is 1. The van der Waals surface area contributed by atoms with E-state index in [1.54, 1.807) is 6.92 Å². The van der Waals surface area contributed by atoms with Crippen LogP contribution in [0.5, 0.6) is 5.75 Å². The predicted molar refractivity (Wildman–Crippen MR) is 95.6 cm³/mol. The van der Waals surface area contributed by atoms with Crippen LogP contribution in [0.1, 0.15) is 29.2 Å². The SMILES string of the molecule is Cc1cc(C)cc(NC(=O)C(C)Oc2cc(C)c(Cl)c(C)c2)c1. The quantitative estimate of drug-likeness (QED) is 0.858. The van der Waals surface area contributed by atoms with E-state index in [-0.39, 0.29) is 5.91 Å². The fourth-order valence-electron chi connectivity index (χ4n) is 2.52. The average molecular weight is 332 g/mol. The Morgan fingerprint density at radius 3 is 2.04 bits per heavy atom. The summed E-state index contributed by atoms with van der Waals surface area (Å²) in [5.74, 6) is 0.465. The first-order valence-electron chi connectivity index (χ1n) is 7.59. The summed E-state index contributed by atoms with van der Waals surface area (Å²) in [7, 11) is 0. The molecule has 2 aromatic carbocycles. The Morgan fingerprint density at radius 1 is 1.00 bits per heavy atom. The third-order valence-electron chi connectivity index (χ3n) is 3.58. The molecule has 0 aliphatic rings. The molecule has 3 nitrogen and oxygen atoms in total. The minimum absolute atomic E-state index is 0.180. The van der Waals surface area contributed by atoms with Crippen molar-refractivity contribution in [3.63, 3.8) is 0 Å². The Hall–Kier alpha value is -2.00. The number of hydrogen-bond donors (Lipinski definition) is 1. The number of carbonyl (C=O) groups is 1. The smallest absolute Gasteiger partial charge is 0.265 e. The van der Waals surface area contributed by atoms with E-state index in [0.29, 0.717) is 5.75 Å². The normalized spacial score (nSPS) is 11.9. The van der Waals surface area contributed by atoms with Crippen molar-refractivity contribution in [3.05, 3.63) is 57.6 Å². The van der Waals surface area contributed by atoms with Gasteiger partial charge in [-0.3, -0.25) is 4.79 Å². The molecule has 2 aromatic rings. The van der Waals surface area contributed by atoms with Gasteiger partial charge >= 0.3 is 0 Å². The van der Waals surface area contributed by atoms with Gasteiger partial charge in [-0.2, -0.15) is 0 Å². The number of aryl methyl sites for hydroxylation is 4. The topological polar surface area (TPSA) is 38.3 Å². The molecule has 0 aromatic heterocycles. The van der Waals surface area contributed by atoms with Gasteiger partial charge in [-0.25, -0.2) is 0 Å². The van der Waals surface area contributed by atoms with Crippen LogP contribution in [0.25, 0.3) is 0 Å². The molecular weight excluding hydrogens is 310 g/mol. The third kappa shape index (κ3) is 4.49. The fourth-order valence-corrected chi connectivity index (χ4v) is 2.63. The Balaban J connectivity index is 2.08. The summed E-state index contributed by atoms with van der Waals surface area (Å²) in [6, 6.07) is 9.63. The van der Waals surface area contributed by atoms with Crippen LogP contribution in [0, 0.1) is 27.7 Å². The number of hydrogen-bond acceptors (Lipinski definition) is 2. The van der Waals surface area contributed by atoms with Crippen LogP contribution in [0.3, 0.4) is 0 Å². The zero-order valence-corrected chi connectivity index (χ0v) is 14.9. The molecule has 4 heteroatoms. The molecule has 0 spiro atoms. The molecule has 1 unspecified atom stereocenters. The van der Waals surface area contributed by atoms with E-state index in [4.69, 9.17) is 16.3 Å². The summed E-state index contributed by atoms with van der Waals surface area (Å²) in [6.45, 7) is 9.58. The van der Waals surface area contributed by atoms with Gasteiger partial charge in [0, 0.05) is 10.7 Å². The van der Waals surface area contributed by atoms with Crippen LogP contribution in [0.4, 0.5) is 5.69 Å². The van der Waals surface area contributed by atoms with Gasteiger partial charge in [-0.05, 0) is 81.1 Å². The van der Waals surface area contributed by atoms with Crippen LogP contribution in [0.2, 0.25) is 5.02 Å². The largest absolute Gasteiger partial charge is 0.481 e. The van der Waals surface area contributed by atoms with Gasteiger partial charge in [0.15, 0.2) is 6.10 Å². The van der Waals surface area contributed by atoms with E-state index in [1.807, 2.05) is 52.0 Å². The minimum atomic E-state index is -0.601. The number of benzene rings is 2. The highest BCUT2D eigenvalue weighted by atomic mass is 35.5. The lowest BCUT2D eigenvalue weighted by Crippen LogP contribution is -2.30. The summed E-state index contributed by atoms with van der Waals surface area (Å²) < 4.78 is 5.75. The number of anilines is 1. The van der Waals surface area contributed by atoms with Gasteiger partial charge in [-0.15, -0.1) is 0 Å². The highest BCUT2D eigenvalue weighted by Crippen LogP contribution is 2.26. The molecule has 0 heterocycles. The molecule has 0 fully saturated rings. The van der Waals surface area contributed by atoms with E-state index in [0.717, 1.165) is 33.0 Å². The molecule has 2 rings (SSSR count). The Labute approximate surface area is 142 Å². The van der Waals surface area contributed by atoms with Crippen molar-refractivity contribution < 1.29 is 9.53 Å². The Bertz CT molecular complexity index is 697. The zero-order valence-electron chi connectivity index (χ0n) is 14.2. The molecule has 0 radical (unpaired) electrons. The molecule has 0 saturated heterocycles. The van der Waals surface area contributed by atoms with Crippen LogP contribution in [-0.4, -0.2) is 12.0 Å². The number of ether oxygens (including phenoxy) is 1. The van der Waals surface area contributed by atoms with Gasteiger partial charge < -0.3 is 10.1 Å². The number of amides is 1. The molecule has 23 heavy (non-hydrogen) atoms. The van der Waals surface area contributed by atoms with E-state index < -0.39 is 6.10 Å². The summed E-state index contributed by atoms with van der Waals surface area (Å²) >= 11 is 6.15. The minimum Gasteiger partial charge on any atom is -0.481 e. The first-order valence-corrected chi connectivity index (χ1v) is 7.96. The second kappa shape index (κ2) is 7.05. The molecule has 0 aliphatic carbocycles. The molecular formula is C19H22ClNO2. The molecule has 1 N–H and O–H groups in total. The predicted octanol–water partition coefficient (Wildman–Crippen LogP) is 4.98. The summed E-state index contributed by atoms with van der Waals surface area (Å²) in [5.41, 5.74) is 4.87. The highest BCUT2D eigenvalue weighted by Gasteiger charge is 2.16. The number of nitrogens with one attached hydrogen (secondary N) is 1. The lowest BCUT2D eigenvalue weighted by atomic mass is 10.1. The zero-order chi connectivity index (χ0) is 17.1. The Kier molecular flexibility index (Phi) is 5.32. The number of halogens is 1. The van der Waals surface area contributed by atoms with E-state index in [2.05, 4.69) is 11.4 Å². The molecule has 1 amide bonds. The maximum atomic E-state index is 12.3. The van der Waals surface area contributed by atoms with Crippen LogP contribution < -0.4 is 10.1 Å². The monoisotopic (exact) mass is 331 g/mol. The van der Waals surface area contributed by atoms with Crippen molar-refractivity contribution in [1.29, 1.82) is 0 Å². The first-order chi connectivity index (χ1) is 10.8. The van der Waals surface area contributed by atoms with Gasteiger partial charge in [0.25, 0.3) is 5.91 Å². The van der Waals surface area contributed by atoms with Crippen LogP contribution in [-0.2, 0) is 4.79 Å². The van der Waals surface area contributed by atoms with Crippen molar-refractivity contribution in [2.45, 2.75) is 40.7 Å². The molecule has 1 atom stereocenters. The van der Waals surface area contributed by atoms with E-state index >= 15 is 0 Å². The van der Waals surface area contributed by atoms with E-state index in [9.17, 15) is 4.79 Å². The Morgan fingerprint density at radius 2 is 1.52 bits per heavy atom. The second-order valence-corrected chi connectivity index (χ2v) is 6.37. The lowest BCUT2D eigenvalue weighted by molar-refractivity contribution is -0.122. The summed E-state index contributed by atoms with van der Waals surface area (Å²) in [6.07, 6.45) is -0.601. The highest BCUT2D eigenvalue weighted by molar-refractivity contribution is 6.32. The summed E-state index contributed by atoms with van der Waals surface area (Å²) in [5, 5.41) is 3.62. The van der Waals surface area contributed by atoms with Crippen molar-refractivity contribution in [2.75, 3.05) is 5.32 Å². The van der Waals surface area contributed by atoms with Crippen molar-refractivity contribution in [2.24, 2.45) is 0 Å². The number of rotatable bonds is 4. The maximum Gasteiger partial charge on any atom is 0.265 e. The van der Waals surface area contributed by atoms with Crippen LogP contribution in [0.15, 0.2) is 30.3 Å². The second-order valence-electron chi connectivity index (χ2n) is 6.00. The first kappa shape index (κ1) is 17.4. The van der Waals surface area contributed by atoms with E-state index in [1.165, 1.54) is 0 Å². The average Bonchev–Trinajstić information content (AvgIpc) is 2.43. The van der Waals surface area contributed by atoms with Crippen molar-refractivity contribution >= 4 is 23.2 Å². The molecule has 122 valence electrons. The van der Waals surface area contributed by atoms with Crippen molar-refractivity contribution in [1.82, 2.24) is 0 Å². The third-order valence-corrected chi connectivity index (χ3v) is 4.18. The molecule has 0 aliphatic heterocycles. The molecule has 0 saturated carbocycles. The molecule has 0 bridgehead atoms.